The van der Waals surface area contributed by atoms with Gasteiger partial charge in [0.1, 0.15) is 16.5 Å². The Morgan fingerprint density at radius 3 is 2.50 bits per heavy atom. The Morgan fingerprint density at radius 1 is 1.00 bits per heavy atom. The Hall–Kier alpha value is -4.02. The van der Waals surface area contributed by atoms with Gasteiger partial charge in [0.2, 0.25) is 10.0 Å². The molecule has 3 aromatic carbocycles. The van der Waals surface area contributed by atoms with Crippen molar-refractivity contribution in [3.05, 3.63) is 96.3 Å². The molecular weight excluding hydrogens is 461 g/mol. The number of sulfonamides is 1. The van der Waals surface area contributed by atoms with Crippen LogP contribution in [0.2, 0.25) is 0 Å². The third-order valence-corrected chi connectivity index (χ3v) is 6.09. The largest absolute Gasteiger partial charge is 0.497 e. The standard InChI is InChI=1S/C24H22FN3O5S/c1-3-13-26-34(31,32)22-14-16(11-12-20(22)25)23(29)28-21-10-5-4-9-19(21)24(30)27-17-7-6-8-18(15-17)33-2/h3-12,14-15,26H,1,13H2,2H3,(H,27,30)(H,28,29). The summed E-state index contributed by atoms with van der Waals surface area (Å²) in [6.45, 7) is 3.30. The Labute approximate surface area is 196 Å². The number of carbonyl (C=O) groups is 2. The normalized spacial score (nSPS) is 10.9. The molecule has 0 aromatic heterocycles. The molecule has 0 aliphatic heterocycles. The molecule has 0 fully saturated rings. The summed E-state index contributed by atoms with van der Waals surface area (Å²) in [4.78, 5) is 25.0. The molecule has 0 aliphatic carbocycles. The van der Waals surface area contributed by atoms with Crippen LogP contribution in [0.15, 0.2) is 84.3 Å². The number of anilines is 2. The molecule has 10 heteroatoms. The van der Waals surface area contributed by atoms with Crippen LogP contribution in [-0.4, -0.2) is 33.9 Å². The van der Waals surface area contributed by atoms with Crippen LogP contribution in [0, 0.1) is 5.82 Å². The van der Waals surface area contributed by atoms with Crippen molar-refractivity contribution in [2.45, 2.75) is 4.90 Å². The number of nitrogens with one attached hydrogen (secondary N) is 3. The minimum Gasteiger partial charge on any atom is -0.497 e. The molecule has 8 nitrogen and oxygen atoms in total. The SMILES string of the molecule is C=CCNS(=O)(=O)c1cc(C(=O)Nc2ccccc2C(=O)Nc2cccc(OC)c2)ccc1F. The highest BCUT2D eigenvalue weighted by atomic mass is 32.2. The van der Waals surface area contributed by atoms with E-state index in [1.807, 2.05) is 0 Å². The highest BCUT2D eigenvalue weighted by Crippen LogP contribution is 2.22. The molecule has 0 atom stereocenters. The molecule has 0 aliphatic rings. The average molecular weight is 484 g/mol. The molecule has 0 heterocycles. The molecule has 0 saturated heterocycles. The summed E-state index contributed by atoms with van der Waals surface area (Å²) in [5, 5.41) is 5.31. The van der Waals surface area contributed by atoms with E-state index in [0.29, 0.717) is 11.4 Å². The van der Waals surface area contributed by atoms with E-state index in [4.69, 9.17) is 4.74 Å². The highest BCUT2D eigenvalue weighted by molar-refractivity contribution is 7.89. The quantitative estimate of drug-likeness (QED) is 0.401. The highest BCUT2D eigenvalue weighted by Gasteiger charge is 2.21. The predicted molar refractivity (Wildman–Crippen MR) is 127 cm³/mol. The van der Waals surface area contributed by atoms with Crippen molar-refractivity contribution in [3.8, 4) is 5.75 Å². The zero-order chi connectivity index (χ0) is 24.7. The molecule has 2 amide bonds. The number of ether oxygens (including phenoxy) is 1. The van der Waals surface area contributed by atoms with E-state index >= 15 is 0 Å². The second kappa shape index (κ2) is 10.7. The van der Waals surface area contributed by atoms with Crippen LogP contribution in [0.3, 0.4) is 0 Å². The number of methoxy groups -OCH3 is 1. The van der Waals surface area contributed by atoms with Gasteiger partial charge in [-0.25, -0.2) is 17.5 Å². The maximum absolute atomic E-state index is 14.2. The third-order valence-electron chi connectivity index (χ3n) is 4.65. The van der Waals surface area contributed by atoms with Gasteiger partial charge in [-0.15, -0.1) is 6.58 Å². The van der Waals surface area contributed by atoms with Crippen molar-refractivity contribution in [3.63, 3.8) is 0 Å². The second-order valence-electron chi connectivity index (χ2n) is 6.97. The molecule has 3 N–H and O–H groups in total. The van der Waals surface area contributed by atoms with Gasteiger partial charge in [-0.05, 0) is 42.5 Å². The first-order chi connectivity index (χ1) is 16.2. The van der Waals surface area contributed by atoms with Crippen molar-refractivity contribution in [1.29, 1.82) is 0 Å². The lowest BCUT2D eigenvalue weighted by molar-refractivity contribution is 0.102. The molecule has 34 heavy (non-hydrogen) atoms. The summed E-state index contributed by atoms with van der Waals surface area (Å²) in [5.74, 6) is -1.66. The van der Waals surface area contributed by atoms with Crippen LogP contribution in [0.1, 0.15) is 20.7 Å². The Morgan fingerprint density at radius 2 is 1.76 bits per heavy atom. The van der Waals surface area contributed by atoms with E-state index in [-0.39, 0.29) is 23.4 Å². The molecule has 0 bridgehead atoms. The molecular formula is C24H22FN3O5S. The van der Waals surface area contributed by atoms with Gasteiger partial charge in [0.15, 0.2) is 0 Å². The Kier molecular flexibility index (Phi) is 7.77. The van der Waals surface area contributed by atoms with Gasteiger partial charge in [0.05, 0.1) is 18.4 Å². The Bertz CT molecular complexity index is 1340. The number of amides is 2. The van der Waals surface area contributed by atoms with E-state index in [1.54, 1.807) is 36.4 Å². The fourth-order valence-electron chi connectivity index (χ4n) is 2.98. The average Bonchev–Trinajstić information content (AvgIpc) is 2.83. The van der Waals surface area contributed by atoms with Crippen LogP contribution in [0.5, 0.6) is 5.75 Å². The molecule has 3 rings (SSSR count). The maximum atomic E-state index is 14.2. The zero-order valence-electron chi connectivity index (χ0n) is 18.2. The minimum atomic E-state index is -4.19. The van der Waals surface area contributed by atoms with Gasteiger partial charge in [-0.3, -0.25) is 9.59 Å². The van der Waals surface area contributed by atoms with E-state index < -0.39 is 32.6 Å². The fraction of sp³-hybridized carbons (Fsp3) is 0.0833. The fourth-order valence-corrected chi connectivity index (χ4v) is 4.08. The number of hydrogen-bond donors (Lipinski definition) is 3. The first-order valence-corrected chi connectivity index (χ1v) is 11.5. The molecule has 0 radical (unpaired) electrons. The van der Waals surface area contributed by atoms with Crippen LogP contribution in [-0.2, 0) is 10.0 Å². The summed E-state index contributed by atoms with van der Waals surface area (Å²) in [5.41, 5.74) is 0.738. The van der Waals surface area contributed by atoms with Gasteiger partial charge in [0.25, 0.3) is 11.8 Å². The first kappa shape index (κ1) is 24.6. The zero-order valence-corrected chi connectivity index (χ0v) is 19.0. The minimum absolute atomic E-state index is 0.103. The molecule has 3 aromatic rings. The van der Waals surface area contributed by atoms with Crippen LogP contribution in [0.25, 0.3) is 0 Å². The van der Waals surface area contributed by atoms with Crippen molar-refractivity contribution in [2.24, 2.45) is 0 Å². The van der Waals surface area contributed by atoms with Crippen molar-refractivity contribution in [1.82, 2.24) is 4.72 Å². The van der Waals surface area contributed by atoms with Crippen molar-refractivity contribution < 1.29 is 27.1 Å². The number of hydrogen-bond acceptors (Lipinski definition) is 5. The number of rotatable bonds is 9. The smallest absolute Gasteiger partial charge is 0.257 e. The Balaban J connectivity index is 1.84. The van der Waals surface area contributed by atoms with Gasteiger partial charge in [0, 0.05) is 23.9 Å². The van der Waals surface area contributed by atoms with Crippen molar-refractivity contribution >= 4 is 33.2 Å². The number of benzene rings is 3. The van der Waals surface area contributed by atoms with Gasteiger partial charge in [-0.1, -0.05) is 24.3 Å². The number of halogens is 1. The lowest BCUT2D eigenvalue weighted by Gasteiger charge is -2.13. The monoisotopic (exact) mass is 483 g/mol. The first-order valence-electron chi connectivity index (χ1n) is 10.0. The number of carbonyl (C=O) groups excluding carboxylic acids is 2. The topological polar surface area (TPSA) is 114 Å². The van der Waals surface area contributed by atoms with Gasteiger partial charge < -0.3 is 15.4 Å². The lowest BCUT2D eigenvalue weighted by Crippen LogP contribution is -2.25. The van der Waals surface area contributed by atoms with Crippen LogP contribution < -0.4 is 20.1 Å². The maximum Gasteiger partial charge on any atom is 0.257 e. The molecule has 176 valence electrons. The summed E-state index contributed by atoms with van der Waals surface area (Å²) in [7, 11) is -2.69. The molecule has 0 saturated carbocycles. The molecule has 0 spiro atoms. The second-order valence-corrected chi connectivity index (χ2v) is 8.71. The summed E-state index contributed by atoms with van der Waals surface area (Å²) >= 11 is 0. The third kappa shape index (κ3) is 5.85. The summed E-state index contributed by atoms with van der Waals surface area (Å²) < 4.78 is 46.1. The van der Waals surface area contributed by atoms with Gasteiger partial charge >= 0.3 is 0 Å². The predicted octanol–water partition coefficient (Wildman–Crippen LogP) is 3.80. The van der Waals surface area contributed by atoms with E-state index in [1.165, 1.54) is 25.3 Å². The number of para-hydroxylation sites is 1. The van der Waals surface area contributed by atoms with Gasteiger partial charge in [-0.2, -0.15) is 0 Å². The summed E-state index contributed by atoms with van der Waals surface area (Å²) in [6.07, 6.45) is 1.31. The van der Waals surface area contributed by atoms with Crippen LogP contribution in [0.4, 0.5) is 15.8 Å². The van der Waals surface area contributed by atoms with Crippen LogP contribution >= 0.6 is 0 Å². The lowest BCUT2D eigenvalue weighted by atomic mass is 10.1. The van der Waals surface area contributed by atoms with E-state index in [2.05, 4.69) is 21.9 Å². The van der Waals surface area contributed by atoms with E-state index in [0.717, 1.165) is 18.2 Å². The molecule has 0 unspecified atom stereocenters. The summed E-state index contributed by atoms with van der Waals surface area (Å²) in [6, 6.07) is 16.0. The van der Waals surface area contributed by atoms with E-state index in [9.17, 15) is 22.4 Å². The van der Waals surface area contributed by atoms with Crippen molar-refractivity contribution in [2.75, 3.05) is 24.3 Å².